The Morgan fingerprint density at radius 1 is 0.962 bits per heavy atom. The quantitative estimate of drug-likeness (QED) is 0.710. The third-order valence-electron chi connectivity index (χ3n) is 3.78. The van der Waals surface area contributed by atoms with Crippen LogP contribution >= 0.6 is 15.9 Å². The summed E-state index contributed by atoms with van der Waals surface area (Å²) >= 11 is 3.36. The maximum atomic E-state index is 12.4. The van der Waals surface area contributed by atoms with Crippen molar-refractivity contribution in [2.24, 2.45) is 5.92 Å². The molecule has 1 unspecified atom stereocenters. The first-order valence-corrected chi connectivity index (χ1v) is 9.20. The van der Waals surface area contributed by atoms with Crippen LogP contribution in [0, 0.1) is 12.8 Å². The Kier molecular flexibility index (Phi) is 6.80. The number of benzene rings is 2. The lowest BCUT2D eigenvalue weighted by atomic mass is 10.1. The van der Waals surface area contributed by atoms with E-state index in [0.717, 1.165) is 10.0 Å². The number of hydrogen-bond donors (Lipinski definition) is 2. The van der Waals surface area contributed by atoms with Gasteiger partial charge >= 0.3 is 0 Å². The number of halogens is 1. The van der Waals surface area contributed by atoms with Gasteiger partial charge in [-0.1, -0.05) is 35.8 Å². The second-order valence-corrected chi connectivity index (χ2v) is 7.29. The van der Waals surface area contributed by atoms with Gasteiger partial charge < -0.3 is 15.4 Å². The van der Waals surface area contributed by atoms with E-state index in [1.807, 2.05) is 45.0 Å². The predicted octanol–water partition coefficient (Wildman–Crippen LogP) is 4.76. The Labute approximate surface area is 162 Å². The Bertz CT molecular complexity index is 788. The lowest BCUT2D eigenvalue weighted by molar-refractivity contribution is -0.122. The predicted molar refractivity (Wildman–Crippen MR) is 108 cm³/mol. The van der Waals surface area contributed by atoms with E-state index in [2.05, 4.69) is 26.6 Å². The van der Waals surface area contributed by atoms with Gasteiger partial charge in [-0.2, -0.15) is 0 Å². The number of rotatable bonds is 6. The molecule has 0 aliphatic rings. The molecule has 0 fully saturated rings. The molecule has 0 aliphatic heterocycles. The highest BCUT2D eigenvalue weighted by molar-refractivity contribution is 9.10. The van der Waals surface area contributed by atoms with Crippen molar-refractivity contribution < 1.29 is 14.3 Å². The number of hydrogen-bond acceptors (Lipinski definition) is 3. The zero-order valence-corrected chi connectivity index (χ0v) is 16.9. The van der Waals surface area contributed by atoms with Gasteiger partial charge in [0, 0.05) is 21.8 Å². The van der Waals surface area contributed by atoms with E-state index in [1.165, 1.54) is 0 Å². The SMILES string of the molecule is Cc1ccc(NC(=O)C(C)C)cc1NC(=O)C(C)Oc1ccc(Br)cc1. The third kappa shape index (κ3) is 5.59. The molecule has 5 nitrogen and oxygen atoms in total. The van der Waals surface area contributed by atoms with E-state index >= 15 is 0 Å². The molecule has 0 spiro atoms. The second-order valence-electron chi connectivity index (χ2n) is 6.38. The van der Waals surface area contributed by atoms with Crippen molar-refractivity contribution in [1.82, 2.24) is 0 Å². The standard InChI is InChI=1S/C20H23BrN2O3/c1-12(2)19(24)22-16-8-5-13(3)18(11-16)23-20(25)14(4)26-17-9-6-15(21)7-10-17/h5-12,14H,1-4H3,(H,22,24)(H,23,25). The highest BCUT2D eigenvalue weighted by Crippen LogP contribution is 2.22. The minimum Gasteiger partial charge on any atom is -0.481 e. The lowest BCUT2D eigenvalue weighted by Crippen LogP contribution is -2.30. The van der Waals surface area contributed by atoms with E-state index in [1.54, 1.807) is 25.1 Å². The van der Waals surface area contributed by atoms with Crippen LogP contribution in [-0.2, 0) is 9.59 Å². The van der Waals surface area contributed by atoms with Crippen molar-refractivity contribution in [3.05, 3.63) is 52.5 Å². The van der Waals surface area contributed by atoms with E-state index < -0.39 is 6.10 Å². The van der Waals surface area contributed by atoms with Gasteiger partial charge in [-0.05, 0) is 55.8 Å². The van der Waals surface area contributed by atoms with Crippen LogP contribution in [0.1, 0.15) is 26.3 Å². The summed E-state index contributed by atoms with van der Waals surface area (Å²) in [6.45, 7) is 7.24. The van der Waals surface area contributed by atoms with Gasteiger partial charge in [-0.3, -0.25) is 9.59 Å². The van der Waals surface area contributed by atoms with Crippen LogP contribution < -0.4 is 15.4 Å². The smallest absolute Gasteiger partial charge is 0.265 e. The molecule has 1 atom stereocenters. The molecule has 2 aromatic carbocycles. The van der Waals surface area contributed by atoms with Gasteiger partial charge in [0.2, 0.25) is 5.91 Å². The molecule has 2 N–H and O–H groups in total. The van der Waals surface area contributed by atoms with Crippen molar-refractivity contribution in [3.63, 3.8) is 0 Å². The second kappa shape index (κ2) is 8.85. The van der Waals surface area contributed by atoms with Crippen LogP contribution in [-0.4, -0.2) is 17.9 Å². The molecule has 0 radical (unpaired) electrons. The zero-order valence-electron chi connectivity index (χ0n) is 15.3. The number of nitrogens with one attached hydrogen (secondary N) is 2. The number of amides is 2. The molecule has 0 heterocycles. The zero-order chi connectivity index (χ0) is 19.3. The Morgan fingerprint density at radius 3 is 2.23 bits per heavy atom. The highest BCUT2D eigenvalue weighted by atomic mass is 79.9. The minimum atomic E-state index is -0.663. The highest BCUT2D eigenvalue weighted by Gasteiger charge is 2.16. The van der Waals surface area contributed by atoms with Crippen molar-refractivity contribution in [2.75, 3.05) is 10.6 Å². The summed E-state index contributed by atoms with van der Waals surface area (Å²) in [5.41, 5.74) is 2.19. The lowest BCUT2D eigenvalue weighted by Gasteiger charge is -2.17. The van der Waals surface area contributed by atoms with Gasteiger partial charge in [0.15, 0.2) is 6.10 Å². The summed E-state index contributed by atoms with van der Waals surface area (Å²) in [5.74, 6) is 0.167. The molecule has 0 saturated heterocycles. The van der Waals surface area contributed by atoms with Crippen molar-refractivity contribution in [2.45, 2.75) is 33.8 Å². The van der Waals surface area contributed by atoms with Crippen LogP contribution in [0.15, 0.2) is 46.9 Å². The molecule has 0 aliphatic carbocycles. The van der Waals surface area contributed by atoms with Crippen molar-refractivity contribution >= 4 is 39.1 Å². The summed E-state index contributed by atoms with van der Waals surface area (Å²) in [6, 6.07) is 12.7. The van der Waals surface area contributed by atoms with Gasteiger partial charge in [-0.15, -0.1) is 0 Å². The number of carbonyl (C=O) groups excluding carboxylic acids is 2. The number of carbonyl (C=O) groups is 2. The normalized spacial score (nSPS) is 11.8. The van der Waals surface area contributed by atoms with Crippen LogP contribution in [0.2, 0.25) is 0 Å². The topological polar surface area (TPSA) is 67.4 Å². The fourth-order valence-electron chi connectivity index (χ4n) is 2.13. The van der Waals surface area contributed by atoms with E-state index in [-0.39, 0.29) is 17.7 Å². The minimum absolute atomic E-state index is 0.0712. The third-order valence-corrected chi connectivity index (χ3v) is 4.31. The largest absolute Gasteiger partial charge is 0.481 e. The fraction of sp³-hybridized carbons (Fsp3) is 0.300. The molecule has 2 rings (SSSR count). The Balaban J connectivity index is 2.05. The summed E-state index contributed by atoms with van der Waals surface area (Å²) < 4.78 is 6.61. The number of aryl methyl sites for hydroxylation is 1. The van der Waals surface area contributed by atoms with Gasteiger partial charge in [0.1, 0.15) is 5.75 Å². The average molecular weight is 419 g/mol. The van der Waals surface area contributed by atoms with E-state index in [4.69, 9.17) is 4.74 Å². The van der Waals surface area contributed by atoms with E-state index in [9.17, 15) is 9.59 Å². The molecule has 2 amide bonds. The summed E-state index contributed by atoms with van der Waals surface area (Å²) in [4.78, 5) is 24.3. The van der Waals surface area contributed by atoms with Crippen LogP contribution in [0.4, 0.5) is 11.4 Å². The molecule has 6 heteroatoms. The number of ether oxygens (including phenoxy) is 1. The van der Waals surface area contributed by atoms with Gasteiger partial charge in [-0.25, -0.2) is 0 Å². The maximum Gasteiger partial charge on any atom is 0.265 e. The summed E-state index contributed by atoms with van der Waals surface area (Å²) in [5, 5.41) is 5.69. The molecule has 138 valence electrons. The number of anilines is 2. The maximum absolute atomic E-state index is 12.4. The van der Waals surface area contributed by atoms with Crippen LogP contribution in [0.5, 0.6) is 5.75 Å². The molecule has 2 aromatic rings. The van der Waals surface area contributed by atoms with Crippen LogP contribution in [0.3, 0.4) is 0 Å². The summed E-state index contributed by atoms with van der Waals surface area (Å²) in [6.07, 6.45) is -0.663. The van der Waals surface area contributed by atoms with Crippen molar-refractivity contribution in [1.29, 1.82) is 0 Å². The molecule has 0 bridgehead atoms. The molecule has 0 saturated carbocycles. The average Bonchev–Trinajstić information content (AvgIpc) is 2.59. The first kappa shape index (κ1) is 20.0. The van der Waals surface area contributed by atoms with Gasteiger partial charge in [0.25, 0.3) is 5.91 Å². The Hall–Kier alpha value is -2.34. The molecular weight excluding hydrogens is 396 g/mol. The fourth-order valence-corrected chi connectivity index (χ4v) is 2.39. The first-order chi connectivity index (χ1) is 12.3. The van der Waals surface area contributed by atoms with E-state index in [0.29, 0.717) is 17.1 Å². The van der Waals surface area contributed by atoms with Crippen molar-refractivity contribution in [3.8, 4) is 5.75 Å². The first-order valence-electron chi connectivity index (χ1n) is 8.41. The molecule has 0 aromatic heterocycles. The van der Waals surface area contributed by atoms with Gasteiger partial charge in [0.05, 0.1) is 0 Å². The monoisotopic (exact) mass is 418 g/mol. The van der Waals surface area contributed by atoms with Crippen LogP contribution in [0.25, 0.3) is 0 Å². The molecular formula is C20H23BrN2O3. The Morgan fingerprint density at radius 2 is 1.62 bits per heavy atom. The molecule has 26 heavy (non-hydrogen) atoms. The summed E-state index contributed by atoms with van der Waals surface area (Å²) in [7, 11) is 0.